The predicted molar refractivity (Wildman–Crippen MR) is 50.3 cm³/mol. The molecule has 0 amide bonds. The Morgan fingerprint density at radius 2 is 2.09 bits per heavy atom. The van der Waals surface area contributed by atoms with E-state index in [1.807, 2.05) is 11.3 Å². The van der Waals surface area contributed by atoms with Crippen molar-refractivity contribution < 1.29 is 0 Å². The van der Waals surface area contributed by atoms with Crippen LogP contribution in [0.15, 0.2) is 0 Å². The molecule has 0 saturated carbocycles. The van der Waals surface area contributed by atoms with Gasteiger partial charge in [0.05, 0.1) is 10.7 Å². The molecule has 11 heavy (non-hydrogen) atoms. The maximum atomic E-state index is 4.50. The highest BCUT2D eigenvalue weighted by molar-refractivity contribution is 7.11. The van der Waals surface area contributed by atoms with Gasteiger partial charge in [-0.25, -0.2) is 4.98 Å². The fourth-order valence-electron chi connectivity index (χ4n) is 0.883. The van der Waals surface area contributed by atoms with E-state index in [1.165, 1.54) is 22.0 Å². The van der Waals surface area contributed by atoms with Gasteiger partial charge in [0, 0.05) is 10.8 Å². The van der Waals surface area contributed by atoms with Crippen molar-refractivity contribution in [2.24, 2.45) is 0 Å². The molecule has 0 aliphatic rings. The second-order valence-electron chi connectivity index (χ2n) is 3.00. The van der Waals surface area contributed by atoms with Gasteiger partial charge in [-0.05, 0) is 20.3 Å². The number of hydrogen-bond acceptors (Lipinski definition) is 2. The van der Waals surface area contributed by atoms with Crippen molar-refractivity contribution in [3.05, 3.63) is 15.6 Å². The van der Waals surface area contributed by atoms with E-state index in [0.717, 1.165) is 0 Å². The van der Waals surface area contributed by atoms with Crippen molar-refractivity contribution in [3.63, 3.8) is 0 Å². The zero-order chi connectivity index (χ0) is 8.43. The molecule has 1 nitrogen and oxygen atoms in total. The molecule has 0 radical (unpaired) electrons. The number of rotatable bonds is 2. The predicted octanol–water partition coefficient (Wildman–Crippen LogP) is 3.27. The molecule has 0 saturated heterocycles. The summed E-state index contributed by atoms with van der Waals surface area (Å²) >= 11 is 1.84. The van der Waals surface area contributed by atoms with E-state index < -0.39 is 0 Å². The lowest BCUT2D eigenvalue weighted by Gasteiger charge is -2.01. The lowest BCUT2D eigenvalue weighted by atomic mass is 10.1. The van der Waals surface area contributed by atoms with Crippen molar-refractivity contribution in [1.82, 2.24) is 4.98 Å². The summed E-state index contributed by atoms with van der Waals surface area (Å²) in [6, 6.07) is 0. The van der Waals surface area contributed by atoms with E-state index in [0.29, 0.717) is 5.92 Å². The lowest BCUT2D eigenvalue weighted by molar-refractivity contribution is 0.724. The third kappa shape index (κ3) is 1.80. The van der Waals surface area contributed by atoms with E-state index in [1.54, 1.807) is 0 Å². The monoisotopic (exact) mass is 169 g/mol. The Kier molecular flexibility index (Phi) is 2.66. The molecule has 0 aliphatic heterocycles. The van der Waals surface area contributed by atoms with Crippen LogP contribution in [0.3, 0.4) is 0 Å². The van der Waals surface area contributed by atoms with Gasteiger partial charge in [-0.1, -0.05) is 13.8 Å². The van der Waals surface area contributed by atoms with Crippen molar-refractivity contribution in [2.45, 2.75) is 40.0 Å². The summed E-state index contributed by atoms with van der Waals surface area (Å²) in [6.45, 7) is 8.66. The van der Waals surface area contributed by atoms with Crippen LogP contribution in [0.1, 0.15) is 41.8 Å². The summed E-state index contributed by atoms with van der Waals surface area (Å²) in [4.78, 5) is 5.86. The SMILES string of the molecule is CC[C@H](C)c1nc(C)c(C)s1. The Labute approximate surface area is 72.5 Å². The maximum absolute atomic E-state index is 4.50. The first kappa shape index (κ1) is 8.72. The van der Waals surface area contributed by atoms with Crippen LogP contribution in [0.4, 0.5) is 0 Å². The third-order valence-corrected chi connectivity index (χ3v) is 3.38. The topological polar surface area (TPSA) is 12.9 Å². The summed E-state index contributed by atoms with van der Waals surface area (Å²) in [6.07, 6.45) is 1.19. The van der Waals surface area contributed by atoms with Crippen LogP contribution in [0, 0.1) is 13.8 Å². The molecule has 0 fully saturated rings. The number of nitrogens with zero attached hydrogens (tertiary/aromatic N) is 1. The summed E-state index contributed by atoms with van der Waals surface area (Å²) < 4.78 is 0. The summed E-state index contributed by atoms with van der Waals surface area (Å²) in [5.74, 6) is 0.632. The second kappa shape index (κ2) is 3.35. The number of hydrogen-bond donors (Lipinski definition) is 0. The molecule has 0 unspecified atom stereocenters. The van der Waals surface area contributed by atoms with Gasteiger partial charge in [0.1, 0.15) is 0 Å². The van der Waals surface area contributed by atoms with Crippen LogP contribution in [-0.2, 0) is 0 Å². The molecular formula is C9H15NS. The van der Waals surface area contributed by atoms with Gasteiger partial charge in [0.15, 0.2) is 0 Å². The zero-order valence-corrected chi connectivity index (χ0v) is 8.46. The quantitative estimate of drug-likeness (QED) is 0.662. The van der Waals surface area contributed by atoms with Gasteiger partial charge in [0.2, 0.25) is 0 Å². The van der Waals surface area contributed by atoms with Crippen LogP contribution < -0.4 is 0 Å². The average Bonchev–Trinajstić information content (AvgIpc) is 2.31. The molecular weight excluding hydrogens is 154 g/mol. The summed E-state index contributed by atoms with van der Waals surface area (Å²) in [5, 5.41) is 1.29. The molecule has 1 aromatic rings. The average molecular weight is 169 g/mol. The molecule has 2 heteroatoms. The van der Waals surface area contributed by atoms with E-state index in [4.69, 9.17) is 0 Å². The fraction of sp³-hybridized carbons (Fsp3) is 0.667. The Hall–Kier alpha value is -0.370. The number of aromatic nitrogens is 1. The molecule has 0 aliphatic carbocycles. The Morgan fingerprint density at radius 1 is 1.45 bits per heavy atom. The van der Waals surface area contributed by atoms with Crippen LogP contribution >= 0.6 is 11.3 Å². The van der Waals surface area contributed by atoms with Gasteiger partial charge in [-0.15, -0.1) is 11.3 Å². The van der Waals surface area contributed by atoms with Gasteiger partial charge >= 0.3 is 0 Å². The molecule has 1 atom stereocenters. The summed E-state index contributed by atoms with van der Waals surface area (Å²) in [7, 11) is 0. The highest BCUT2D eigenvalue weighted by atomic mass is 32.1. The number of thiazole rings is 1. The number of aryl methyl sites for hydroxylation is 2. The standard InChI is InChI=1S/C9H15NS/c1-5-6(2)9-10-7(3)8(4)11-9/h6H,5H2,1-4H3/t6-/m0/s1. The first-order chi connectivity index (χ1) is 5.15. The summed E-state index contributed by atoms with van der Waals surface area (Å²) in [5.41, 5.74) is 1.20. The van der Waals surface area contributed by atoms with Crippen molar-refractivity contribution in [2.75, 3.05) is 0 Å². The molecule has 0 N–H and O–H groups in total. The van der Waals surface area contributed by atoms with Gasteiger partial charge in [-0.3, -0.25) is 0 Å². The normalized spacial score (nSPS) is 13.5. The van der Waals surface area contributed by atoms with Crippen molar-refractivity contribution in [1.29, 1.82) is 0 Å². The Morgan fingerprint density at radius 3 is 2.45 bits per heavy atom. The largest absolute Gasteiger partial charge is 0.246 e. The first-order valence-electron chi connectivity index (χ1n) is 4.09. The Bertz CT molecular complexity index is 220. The molecule has 0 aromatic carbocycles. The second-order valence-corrected chi connectivity index (χ2v) is 4.24. The maximum Gasteiger partial charge on any atom is 0.0958 e. The van der Waals surface area contributed by atoms with Crippen LogP contribution in [0.25, 0.3) is 0 Å². The molecule has 0 spiro atoms. The highest BCUT2D eigenvalue weighted by Gasteiger charge is 2.08. The van der Waals surface area contributed by atoms with E-state index in [2.05, 4.69) is 32.7 Å². The highest BCUT2D eigenvalue weighted by Crippen LogP contribution is 2.25. The van der Waals surface area contributed by atoms with Crippen molar-refractivity contribution >= 4 is 11.3 Å². The minimum Gasteiger partial charge on any atom is -0.246 e. The van der Waals surface area contributed by atoms with Gasteiger partial charge in [0.25, 0.3) is 0 Å². The Balaban J connectivity index is 2.88. The van der Waals surface area contributed by atoms with Crippen LogP contribution in [0.5, 0.6) is 0 Å². The van der Waals surface area contributed by atoms with Gasteiger partial charge < -0.3 is 0 Å². The van der Waals surface area contributed by atoms with E-state index in [-0.39, 0.29) is 0 Å². The molecule has 1 rings (SSSR count). The fourth-order valence-corrected chi connectivity index (χ4v) is 1.94. The molecule has 1 heterocycles. The molecule has 1 aromatic heterocycles. The molecule has 62 valence electrons. The smallest absolute Gasteiger partial charge is 0.0958 e. The van der Waals surface area contributed by atoms with Crippen LogP contribution in [-0.4, -0.2) is 4.98 Å². The minimum atomic E-state index is 0.632. The lowest BCUT2D eigenvalue weighted by Crippen LogP contribution is -1.89. The minimum absolute atomic E-state index is 0.632. The van der Waals surface area contributed by atoms with Crippen molar-refractivity contribution in [3.8, 4) is 0 Å². The van der Waals surface area contributed by atoms with Gasteiger partial charge in [-0.2, -0.15) is 0 Å². The zero-order valence-electron chi connectivity index (χ0n) is 7.64. The first-order valence-corrected chi connectivity index (χ1v) is 4.90. The van der Waals surface area contributed by atoms with E-state index >= 15 is 0 Å². The third-order valence-electron chi connectivity index (χ3n) is 2.08. The van der Waals surface area contributed by atoms with Crippen LogP contribution in [0.2, 0.25) is 0 Å². The molecule has 0 bridgehead atoms. The van der Waals surface area contributed by atoms with E-state index in [9.17, 15) is 0 Å².